The van der Waals surface area contributed by atoms with Gasteiger partial charge in [0.15, 0.2) is 6.29 Å². The second-order valence-electron chi connectivity index (χ2n) is 2.58. The van der Waals surface area contributed by atoms with E-state index in [2.05, 4.69) is 15.9 Å². The van der Waals surface area contributed by atoms with E-state index in [4.69, 9.17) is 11.6 Å². The molecule has 2 rings (SSSR count). The minimum absolute atomic E-state index is 0.601. The summed E-state index contributed by atoms with van der Waals surface area (Å²) < 4.78 is 2.04. The summed E-state index contributed by atoms with van der Waals surface area (Å²) in [5.74, 6) is 0. The number of halogens is 2. The maximum atomic E-state index is 10.7. The van der Waals surface area contributed by atoms with Crippen LogP contribution in [0.3, 0.4) is 0 Å². The minimum Gasteiger partial charge on any atom is -0.298 e. The fourth-order valence-electron chi connectivity index (χ4n) is 1.20. The standard InChI is InChI=1S/C9H4BrClOS/c10-9-3-7-5(4-12)1-6(11)2-8(7)13-9/h1-4H. The molecular weight excluding hydrogens is 272 g/mol. The molecule has 0 unspecified atom stereocenters. The molecule has 0 N–H and O–H groups in total. The van der Waals surface area contributed by atoms with Crippen LogP contribution >= 0.6 is 38.9 Å². The van der Waals surface area contributed by atoms with Gasteiger partial charge in [-0.05, 0) is 34.1 Å². The molecule has 0 atom stereocenters. The number of rotatable bonds is 1. The molecule has 0 bridgehead atoms. The lowest BCUT2D eigenvalue weighted by atomic mass is 10.1. The Morgan fingerprint density at radius 1 is 1.38 bits per heavy atom. The molecule has 2 aromatic rings. The zero-order chi connectivity index (χ0) is 9.42. The molecule has 4 heteroatoms. The van der Waals surface area contributed by atoms with Crippen molar-refractivity contribution in [3.8, 4) is 0 Å². The summed E-state index contributed by atoms with van der Waals surface area (Å²) in [5.41, 5.74) is 0.643. The van der Waals surface area contributed by atoms with Crippen molar-refractivity contribution < 1.29 is 4.79 Å². The summed E-state index contributed by atoms with van der Waals surface area (Å²) in [6.07, 6.45) is 0.827. The lowest BCUT2D eigenvalue weighted by molar-refractivity contribution is 0.112. The summed E-state index contributed by atoms with van der Waals surface area (Å²) in [5, 5.41) is 1.56. The van der Waals surface area contributed by atoms with Gasteiger partial charge in [0, 0.05) is 20.7 Å². The van der Waals surface area contributed by atoms with E-state index in [0.29, 0.717) is 10.6 Å². The first-order chi connectivity index (χ1) is 6.20. The number of carbonyl (C=O) groups excluding carboxylic acids is 1. The molecule has 1 heterocycles. The van der Waals surface area contributed by atoms with Crippen molar-refractivity contribution >= 4 is 55.2 Å². The van der Waals surface area contributed by atoms with Crippen molar-refractivity contribution in [3.05, 3.63) is 32.6 Å². The fourth-order valence-corrected chi connectivity index (χ4v) is 3.10. The van der Waals surface area contributed by atoms with E-state index in [0.717, 1.165) is 20.2 Å². The number of hydrogen-bond acceptors (Lipinski definition) is 2. The maximum Gasteiger partial charge on any atom is 0.150 e. The van der Waals surface area contributed by atoms with Crippen molar-refractivity contribution in [2.24, 2.45) is 0 Å². The first kappa shape index (κ1) is 9.19. The van der Waals surface area contributed by atoms with Crippen LogP contribution in [0.25, 0.3) is 10.1 Å². The summed E-state index contributed by atoms with van der Waals surface area (Å²) in [6, 6.07) is 5.47. The fraction of sp³-hybridized carbons (Fsp3) is 0. The highest BCUT2D eigenvalue weighted by Gasteiger charge is 2.05. The first-order valence-corrected chi connectivity index (χ1v) is 5.53. The number of benzene rings is 1. The van der Waals surface area contributed by atoms with E-state index in [9.17, 15) is 4.79 Å². The van der Waals surface area contributed by atoms with Crippen LogP contribution in [0.1, 0.15) is 10.4 Å². The molecule has 1 nitrogen and oxygen atoms in total. The maximum absolute atomic E-state index is 10.7. The Hall–Kier alpha value is -0.380. The monoisotopic (exact) mass is 274 g/mol. The van der Waals surface area contributed by atoms with Gasteiger partial charge in [-0.2, -0.15) is 0 Å². The predicted octanol–water partition coefficient (Wildman–Crippen LogP) is 4.13. The van der Waals surface area contributed by atoms with Gasteiger partial charge in [0.1, 0.15) is 0 Å². The average molecular weight is 276 g/mol. The molecule has 1 aromatic heterocycles. The smallest absolute Gasteiger partial charge is 0.150 e. The van der Waals surface area contributed by atoms with Crippen LogP contribution in [-0.2, 0) is 0 Å². The summed E-state index contributed by atoms with van der Waals surface area (Å²) >= 11 is 10.8. The van der Waals surface area contributed by atoms with Gasteiger partial charge in [-0.25, -0.2) is 0 Å². The number of hydrogen-bond donors (Lipinski definition) is 0. The van der Waals surface area contributed by atoms with Crippen molar-refractivity contribution in [1.29, 1.82) is 0 Å². The van der Waals surface area contributed by atoms with Crippen LogP contribution in [0.4, 0.5) is 0 Å². The Bertz CT molecular complexity index is 478. The molecule has 66 valence electrons. The van der Waals surface area contributed by atoms with Gasteiger partial charge in [0.25, 0.3) is 0 Å². The largest absolute Gasteiger partial charge is 0.298 e. The SMILES string of the molecule is O=Cc1cc(Cl)cc2sc(Br)cc12. The summed E-state index contributed by atoms with van der Waals surface area (Å²) in [6.45, 7) is 0. The van der Waals surface area contributed by atoms with Gasteiger partial charge in [-0.1, -0.05) is 11.6 Å². The molecule has 1 aromatic carbocycles. The van der Waals surface area contributed by atoms with E-state index >= 15 is 0 Å². The molecule has 0 saturated carbocycles. The Morgan fingerprint density at radius 3 is 2.85 bits per heavy atom. The van der Waals surface area contributed by atoms with Gasteiger partial charge in [0.2, 0.25) is 0 Å². The molecule has 0 aliphatic heterocycles. The first-order valence-electron chi connectivity index (χ1n) is 3.54. The Kier molecular flexibility index (Phi) is 2.41. The molecule has 13 heavy (non-hydrogen) atoms. The third-order valence-electron chi connectivity index (χ3n) is 1.73. The molecule has 0 saturated heterocycles. The number of thiophene rings is 1. The summed E-state index contributed by atoms with van der Waals surface area (Å²) in [7, 11) is 0. The molecule has 0 radical (unpaired) electrons. The van der Waals surface area contributed by atoms with Crippen LogP contribution in [0.2, 0.25) is 5.02 Å². The molecule has 0 amide bonds. The molecule has 0 aliphatic carbocycles. The van der Waals surface area contributed by atoms with Crippen LogP contribution < -0.4 is 0 Å². The van der Waals surface area contributed by atoms with Crippen molar-refractivity contribution in [1.82, 2.24) is 0 Å². The van der Waals surface area contributed by atoms with Gasteiger partial charge >= 0.3 is 0 Å². The average Bonchev–Trinajstić information content (AvgIpc) is 2.43. The summed E-state index contributed by atoms with van der Waals surface area (Å²) in [4.78, 5) is 10.7. The van der Waals surface area contributed by atoms with E-state index in [1.807, 2.05) is 12.1 Å². The van der Waals surface area contributed by atoms with Crippen molar-refractivity contribution in [3.63, 3.8) is 0 Å². The number of carbonyl (C=O) groups is 1. The number of aldehydes is 1. The van der Waals surface area contributed by atoms with Gasteiger partial charge < -0.3 is 0 Å². The minimum atomic E-state index is 0.601. The van der Waals surface area contributed by atoms with Crippen LogP contribution in [-0.4, -0.2) is 6.29 Å². The third-order valence-corrected chi connectivity index (χ3v) is 3.53. The van der Waals surface area contributed by atoms with E-state index in [1.165, 1.54) is 0 Å². The Labute approximate surface area is 92.5 Å². The highest BCUT2D eigenvalue weighted by atomic mass is 79.9. The second kappa shape index (κ2) is 3.40. The molecule has 0 aliphatic rings. The Balaban J connectivity index is 2.88. The molecular formula is C9H4BrClOS. The molecule has 0 spiro atoms. The van der Waals surface area contributed by atoms with Gasteiger partial charge in [-0.3, -0.25) is 4.79 Å². The highest BCUT2D eigenvalue weighted by Crippen LogP contribution is 2.33. The Morgan fingerprint density at radius 2 is 2.15 bits per heavy atom. The van der Waals surface area contributed by atoms with Crippen molar-refractivity contribution in [2.45, 2.75) is 0 Å². The van der Waals surface area contributed by atoms with E-state index < -0.39 is 0 Å². The zero-order valence-corrected chi connectivity index (χ0v) is 9.54. The quantitative estimate of drug-likeness (QED) is 0.715. The number of fused-ring (bicyclic) bond motifs is 1. The van der Waals surface area contributed by atoms with E-state index in [1.54, 1.807) is 17.4 Å². The van der Waals surface area contributed by atoms with Gasteiger partial charge in [0.05, 0.1) is 3.79 Å². The van der Waals surface area contributed by atoms with E-state index in [-0.39, 0.29) is 0 Å². The lowest BCUT2D eigenvalue weighted by Crippen LogP contribution is -1.79. The van der Waals surface area contributed by atoms with Crippen LogP contribution in [0.15, 0.2) is 22.0 Å². The lowest BCUT2D eigenvalue weighted by Gasteiger charge is -1.94. The predicted molar refractivity (Wildman–Crippen MR) is 59.9 cm³/mol. The third kappa shape index (κ3) is 1.64. The van der Waals surface area contributed by atoms with Crippen molar-refractivity contribution in [2.75, 3.05) is 0 Å². The highest BCUT2D eigenvalue weighted by molar-refractivity contribution is 9.11. The molecule has 0 fully saturated rings. The topological polar surface area (TPSA) is 17.1 Å². The second-order valence-corrected chi connectivity index (χ2v) is 5.47. The van der Waals surface area contributed by atoms with Crippen LogP contribution in [0, 0.1) is 0 Å². The normalized spacial score (nSPS) is 10.6. The van der Waals surface area contributed by atoms with Crippen LogP contribution in [0.5, 0.6) is 0 Å². The van der Waals surface area contributed by atoms with Gasteiger partial charge in [-0.15, -0.1) is 11.3 Å². The zero-order valence-electron chi connectivity index (χ0n) is 6.38.